The van der Waals surface area contributed by atoms with Gasteiger partial charge in [-0.15, -0.1) is 0 Å². The van der Waals surface area contributed by atoms with Gasteiger partial charge in [0.25, 0.3) is 0 Å². The minimum atomic E-state index is -1.98. The zero-order valence-corrected chi connectivity index (χ0v) is 11.4. The quantitative estimate of drug-likeness (QED) is 0.418. The monoisotopic (exact) mass is 291 g/mol. The Hall–Kier alpha value is -1.80. The van der Waals surface area contributed by atoms with Crippen LogP contribution in [0.5, 0.6) is 0 Å². The molecule has 0 unspecified atom stereocenters. The minimum Gasteiger partial charge on any atom is -0.620 e. The van der Waals surface area contributed by atoms with Gasteiger partial charge in [0.05, 0.1) is 6.54 Å². The zero-order valence-electron chi connectivity index (χ0n) is 10.6. The first-order chi connectivity index (χ1) is 9.57. The standard InChI is InChI=1S/C13H13N3O3S/c17-15-6-3-8-16(18,19)11-14-10-12-4-1-2-5-13(12)20-9-7-15/h1-5,7-9,11H,6,10H2/b8-3-,9-7+,14-11+. The lowest BCUT2D eigenvalue weighted by Crippen LogP contribution is -2.26. The van der Waals surface area contributed by atoms with Crippen molar-refractivity contribution in [2.45, 2.75) is 11.4 Å². The molecule has 1 aromatic rings. The maximum absolute atomic E-state index is 11.5. The Bertz CT molecular complexity index is 582. The Labute approximate surface area is 120 Å². The van der Waals surface area contributed by atoms with Crippen LogP contribution in [0, 0.1) is 15.3 Å². The summed E-state index contributed by atoms with van der Waals surface area (Å²) in [7, 11) is 0. The maximum atomic E-state index is 11.5. The highest BCUT2D eigenvalue weighted by Gasteiger charge is 2.05. The molecule has 1 aliphatic rings. The van der Waals surface area contributed by atoms with Crippen molar-refractivity contribution in [3.05, 3.63) is 69.0 Å². The van der Waals surface area contributed by atoms with Crippen LogP contribution in [0.3, 0.4) is 0 Å². The Morgan fingerprint density at radius 2 is 2.10 bits per heavy atom. The average Bonchev–Trinajstić information content (AvgIpc) is 2.40. The maximum Gasteiger partial charge on any atom is 0.227 e. The second-order valence-corrected chi connectivity index (χ2v) is 5.04. The van der Waals surface area contributed by atoms with Crippen molar-refractivity contribution in [1.82, 2.24) is 0 Å². The number of nitroso groups, excluding NO2 is 1. The number of hydrogen-bond acceptors (Lipinski definition) is 5. The Kier molecular flexibility index (Phi) is 4.80. The number of thioether (sulfide) groups is 1. The molecular weight excluding hydrogens is 278 g/mol. The van der Waals surface area contributed by atoms with E-state index in [0.29, 0.717) is 4.76 Å². The van der Waals surface area contributed by atoms with Gasteiger partial charge in [-0.3, -0.25) is 0 Å². The van der Waals surface area contributed by atoms with Gasteiger partial charge in [-0.05, 0) is 11.6 Å². The molecule has 0 aliphatic carbocycles. The van der Waals surface area contributed by atoms with Gasteiger partial charge in [0.15, 0.2) is 6.34 Å². The van der Waals surface area contributed by atoms with E-state index in [0.717, 1.165) is 23.0 Å². The van der Waals surface area contributed by atoms with Crippen LogP contribution in [0.15, 0.2) is 58.0 Å². The number of hydrogen-bond donors (Lipinski definition) is 0. The van der Waals surface area contributed by atoms with Gasteiger partial charge < -0.3 is 15.2 Å². The summed E-state index contributed by atoms with van der Waals surface area (Å²) in [5.41, 5.74) is 0.888. The summed E-state index contributed by atoms with van der Waals surface area (Å²) in [5.74, 6) is 0. The predicted octanol–water partition coefficient (Wildman–Crippen LogP) is 2.90. The largest absolute Gasteiger partial charge is 0.620 e. The Morgan fingerprint density at radius 3 is 2.95 bits per heavy atom. The highest BCUT2D eigenvalue weighted by Crippen LogP contribution is 2.24. The molecule has 20 heavy (non-hydrogen) atoms. The summed E-state index contributed by atoms with van der Waals surface area (Å²) in [5, 5.41) is 24.6. The van der Waals surface area contributed by atoms with Crippen LogP contribution in [0.1, 0.15) is 5.56 Å². The molecule has 0 aromatic heterocycles. The fraction of sp³-hybridized carbons (Fsp3) is 0.154. The molecule has 6 nitrogen and oxygen atoms in total. The van der Waals surface area contributed by atoms with Crippen molar-refractivity contribution in [1.29, 1.82) is 0 Å². The molecule has 1 aliphatic heterocycles. The molecule has 104 valence electrons. The number of benzene rings is 1. The highest BCUT2D eigenvalue weighted by molar-refractivity contribution is 8.02. The summed E-state index contributed by atoms with van der Waals surface area (Å²) in [6.45, 7) is 0.188. The predicted molar refractivity (Wildman–Crippen MR) is 78.3 cm³/mol. The van der Waals surface area contributed by atoms with Crippen LogP contribution in [0.25, 0.3) is 0 Å². The van der Waals surface area contributed by atoms with E-state index in [1.54, 1.807) is 5.41 Å². The van der Waals surface area contributed by atoms with Gasteiger partial charge in [0.2, 0.25) is 12.7 Å². The van der Waals surface area contributed by atoms with Crippen molar-refractivity contribution in [2.75, 3.05) is 6.54 Å². The van der Waals surface area contributed by atoms with Gasteiger partial charge >= 0.3 is 0 Å². The summed E-state index contributed by atoms with van der Waals surface area (Å²) in [6.07, 6.45) is 4.21. The van der Waals surface area contributed by atoms with Crippen LogP contribution >= 0.6 is 11.8 Å². The number of aliphatic imine (C=N–C) groups is 1. The molecular formula is C13H13N3O3S. The van der Waals surface area contributed by atoms with E-state index in [4.69, 9.17) is 0 Å². The van der Waals surface area contributed by atoms with Crippen molar-refractivity contribution in [2.24, 2.45) is 4.99 Å². The van der Waals surface area contributed by atoms with Crippen molar-refractivity contribution < 1.29 is 9.57 Å². The summed E-state index contributed by atoms with van der Waals surface area (Å²) in [6, 6.07) is 7.48. The minimum absolute atomic E-state index is 0.0585. The van der Waals surface area contributed by atoms with Crippen molar-refractivity contribution in [3.63, 3.8) is 0 Å². The van der Waals surface area contributed by atoms with Gasteiger partial charge in [-0.2, -0.15) is 0 Å². The second kappa shape index (κ2) is 6.58. The SMILES string of the molecule is O=[N+]1/C=C/Sc2ccccc2C/N=C/[N+]([O-])([O-])/C=C\C1. The second-order valence-electron chi connectivity index (χ2n) is 4.10. The van der Waals surface area contributed by atoms with Crippen LogP contribution in [0.4, 0.5) is 0 Å². The van der Waals surface area contributed by atoms with E-state index >= 15 is 0 Å². The van der Waals surface area contributed by atoms with Crippen molar-refractivity contribution in [3.8, 4) is 0 Å². The highest BCUT2D eigenvalue weighted by atomic mass is 32.2. The fourth-order valence-corrected chi connectivity index (χ4v) is 2.36. The topological polar surface area (TPSA) is 78.6 Å². The molecule has 7 heteroatoms. The molecule has 2 rings (SSSR count). The lowest BCUT2D eigenvalue weighted by atomic mass is 10.2. The molecule has 0 amide bonds. The third-order valence-electron chi connectivity index (χ3n) is 2.50. The number of fused-ring (bicyclic) bond motifs is 1. The van der Waals surface area contributed by atoms with E-state index in [2.05, 4.69) is 4.99 Å². The average molecular weight is 291 g/mol. The first kappa shape index (κ1) is 14.6. The third-order valence-corrected chi connectivity index (χ3v) is 3.41. The first-order valence-corrected chi connectivity index (χ1v) is 6.79. The molecule has 0 radical (unpaired) electrons. The lowest BCUT2D eigenvalue weighted by Gasteiger charge is -2.37. The Morgan fingerprint density at radius 1 is 1.30 bits per heavy atom. The van der Waals surface area contributed by atoms with Gasteiger partial charge in [-0.1, -0.05) is 30.0 Å². The molecule has 0 saturated carbocycles. The zero-order chi connectivity index (χ0) is 14.4. The summed E-state index contributed by atoms with van der Waals surface area (Å²) < 4.78 is 0.640. The summed E-state index contributed by atoms with van der Waals surface area (Å²) in [4.78, 5) is 14.3. The van der Waals surface area contributed by atoms with E-state index in [1.807, 2.05) is 24.3 Å². The number of hydroxylamine groups is 4. The van der Waals surface area contributed by atoms with E-state index in [-0.39, 0.29) is 13.1 Å². The molecule has 0 bridgehead atoms. The van der Waals surface area contributed by atoms with Crippen LogP contribution in [-0.4, -0.2) is 22.5 Å². The van der Waals surface area contributed by atoms with E-state index in [1.165, 1.54) is 24.0 Å². The molecule has 1 heterocycles. The third kappa shape index (κ3) is 4.39. The van der Waals surface area contributed by atoms with Crippen LogP contribution < -0.4 is 0 Å². The molecule has 0 N–H and O–H groups in total. The van der Waals surface area contributed by atoms with Crippen molar-refractivity contribution >= 4 is 18.1 Å². The first-order valence-electron chi connectivity index (χ1n) is 5.91. The molecule has 1 aromatic carbocycles. The number of nitrogens with zero attached hydrogens (tertiary/aromatic N) is 3. The van der Waals surface area contributed by atoms with Gasteiger partial charge in [0.1, 0.15) is 6.20 Å². The summed E-state index contributed by atoms with van der Waals surface area (Å²) >= 11 is 1.39. The van der Waals surface area contributed by atoms with E-state index in [9.17, 15) is 15.3 Å². The normalized spacial score (nSPS) is 23.6. The van der Waals surface area contributed by atoms with Crippen LogP contribution in [-0.2, 0) is 6.54 Å². The molecule has 0 saturated heterocycles. The molecule has 0 spiro atoms. The Balaban J connectivity index is 2.30. The van der Waals surface area contributed by atoms with Gasteiger partial charge in [0, 0.05) is 26.0 Å². The van der Waals surface area contributed by atoms with E-state index < -0.39 is 4.81 Å². The van der Waals surface area contributed by atoms with Crippen LogP contribution in [0.2, 0.25) is 0 Å². The number of rotatable bonds is 0. The number of quaternary nitrogens is 1. The molecule has 0 atom stereocenters. The molecule has 0 fully saturated rings. The lowest BCUT2D eigenvalue weighted by molar-refractivity contribution is -0.665. The fourth-order valence-electron chi connectivity index (χ4n) is 1.57. The van der Waals surface area contributed by atoms with Gasteiger partial charge in [-0.25, -0.2) is 4.99 Å². The smallest absolute Gasteiger partial charge is 0.227 e.